The lowest BCUT2D eigenvalue weighted by molar-refractivity contribution is 0.0703. The molecule has 1 unspecified atom stereocenters. The molecule has 2 N–H and O–H groups in total. The lowest BCUT2D eigenvalue weighted by Crippen LogP contribution is -2.43. The van der Waals surface area contributed by atoms with Gasteiger partial charge in [-0.2, -0.15) is 0 Å². The highest BCUT2D eigenvalue weighted by molar-refractivity contribution is 7.80. The largest absolute Gasteiger partial charge is 0.494 e. The van der Waals surface area contributed by atoms with Crippen molar-refractivity contribution in [2.45, 2.75) is 19.8 Å². The van der Waals surface area contributed by atoms with Gasteiger partial charge in [0.05, 0.1) is 11.6 Å². The molecule has 0 spiro atoms. The van der Waals surface area contributed by atoms with E-state index >= 15 is 0 Å². The summed E-state index contributed by atoms with van der Waals surface area (Å²) < 4.78 is 5.38. The number of ether oxygens (including phenoxy) is 1. The minimum Gasteiger partial charge on any atom is -0.494 e. The maximum Gasteiger partial charge on any atom is 0.253 e. The van der Waals surface area contributed by atoms with Crippen molar-refractivity contribution >= 4 is 23.1 Å². The van der Waals surface area contributed by atoms with Crippen LogP contribution in [0.3, 0.4) is 0 Å². The second-order valence-electron chi connectivity index (χ2n) is 4.95. The molecular weight excluding hydrogens is 272 g/mol. The number of nitrogens with zero attached hydrogens (tertiary/aromatic N) is 1. The Labute approximate surface area is 124 Å². The highest BCUT2D eigenvalue weighted by Crippen LogP contribution is 2.20. The van der Waals surface area contributed by atoms with Crippen LogP contribution in [-0.4, -0.2) is 35.5 Å². The summed E-state index contributed by atoms with van der Waals surface area (Å²) in [5.41, 5.74) is 6.38. The Morgan fingerprint density at radius 3 is 2.75 bits per heavy atom. The lowest BCUT2D eigenvalue weighted by Gasteiger charge is -2.32. The number of benzene rings is 1. The molecule has 1 heterocycles. The van der Waals surface area contributed by atoms with Crippen molar-refractivity contribution in [3.05, 3.63) is 29.8 Å². The topological polar surface area (TPSA) is 55.6 Å². The van der Waals surface area contributed by atoms with E-state index in [2.05, 4.69) is 0 Å². The molecule has 4 nitrogen and oxygen atoms in total. The van der Waals surface area contributed by atoms with Gasteiger partial charge in [-0.25, -0.2) is 0 Å². The van der Waals surface area contributed by atoms with Crippen molar-refractivity contribution in [2.24, 2.45) is 11.7 Å². The van der Waals surface area contributed by atoms with Gasteiger partial charge < -0.3 is 15.4 Å². The van der Waals surface area contributed by atoms with Crippen molar-refractivity contribution in [3.63, 3.8) is 0 Å². The molecule has 0 bridgehead atoms. The van der Waals surface area contributed by atoms with E-state index in [4.69, 9.17) is 22.7 Å². The van der Waals surface area contributed by atoms with Crippen LogP contribution in [-0.2, 0) is 0 Å². The molecule has 20 heavy (non-hydrogen) atoms. The normalized spacial score (nSPS) is 18.6. The molecular formula is C15H20N2O2S. The van der Waals surface area contributed by atoms with E-state index in [-0.39, 0.29) is 11.8 Å². The van der Waals surface area contributed by atoms with Gasteiger partial charge in [0.1, 0.15) is 5.75 Å². The predicted octanol–water partition coefficient (Wildman–Crippen LogP) is 2.22. The third-order valence-corrected chi connectivity index (χ3v) is 3.86. The Hall–Kier alpha value is -1.62. The summed E-state index contributed by atoms with van der Waals surface area (Å²) in [5, 5.41) is 0. The van der Waals surface area contributed by atoms with Gasteiger partial charge in [-0.1, -0.05) is 12.2 Å². The average Bonchev–Trinajstić information content (AvgIpc) is 2.48. The van der Waals surface area contributed by atoms with Crippen molar-refractivity contribution in [2.75, 3.05) is 19.7 Å². The summed E-state index contributed by atoms with van der Waals surface area (Å²) in [6.07, 6.45) is 1.92. The van der Waals surface area contributed by atoms with Gasteiger partial charge in [-0.15, -0.1) is 0 Å². The summed E-state index contributed by atoms with van der Waals surface area (Å²) >= 11 is 5.04. The van der Waals surface area contributed by atoms with Crippen LogP contribution < -0.4 is 10.5 Å². The van der Waals surface area contributed by atoms with Gasteiger partial charge in [0.25, 0.3) is 5.91 Å². The first-order valence-electron chi connectivity index (χ1n) is 6.93. The number of rotatable bonds is 4. The predicted molar refractivity (Wildman–Crippen MR) is 83.0 cm³/mol. The van der Waals surface area contributed by atoms with Crippen molar-refractivity contribution < 1.29 is 9.53 Å². The van der Waals surface area contributed by atoms with E-state index in [1.165, 1.54) is 0 Å². The molecule has 0 aromatic heterocycles. The molecule has 1 fully saturated rings. The number of likely N-dealkylation sites (tertiary alicyclic amines) is 1. The first kappa shape index (κ1) is 14.8. The Bertz CT molecular complexity index is 487. The zero-order valence-corrected chi connectivity index (χ0v) is 12.5. The van der Waals surface area contributed by atoms with Gasteiger partial charge in [0.2, 0.25) is 0 Å². The quantitative estimate of drug-likeness (QED) is 0.865. The molecule has 1 saturated heterocycles. The molecule has 108 valence electrons. The number of hydrogen-bond donors (Lipinski definition) is 1. The van der Waals surface area contributed by atoms with Crippen LogP contribution in [0, 0.1) is 5.92 Å². The molecule has 1 aliphatic rings. The molecule has 2 rings (SSSR count). The smallest absolute Gasteiger partial charge is 0.253 e. The minimum absolute atomic E-state index is 0.0361. The Kier molecular flexibility index (Phi) is 4.95. The second kappa shape index (κ2) is 6.70. The fourth-order valence-corrected chi connectivity index (χ4v) is 2.63. The fraction of sp³-hybridized carbons (Fsp3) is 0.467. The van der Waals surface area contributed by atoms with Crippen LogP contribution in [0.2, 0.25) is 0 Å². The van der Waals surface area contributed by atoms with E-state index in [0.717, 1.165) is 25.1 Å². The molecule has 0 radical (unpaired) electrons. The maximum atomic E-state index is 12.4. The van der Waals surface area contributed by atoms with E-state index in [1.807, 2.05) is 24.0 Å². The summed E-state index contributed by atoms with van der Waals surface area (Å²) in [4.78, 5) is 14.8. The first-order chi connectivity index (χ1) is 9.61. The highest BCUT2D eigenvalue weighted by atomic mass is 32.1. The van der Waals surface area contributed by atoms with E-state index in [9.17, 15) is 4.79 Å². The van der Waals surface area contributed by atoms with Gasteiger partial charge >= 0.3 is 0 Å². The summed E-state index contributed by atoms with van der Waals surface area (Å²) in [7, 11) is 0. The van der Waals surface area contributed by atoms with Crippen LogP contribution >= 0.6 is 12.2 Å². The zero-order chi connectivity index (χ0) is 14.5. The van der Waals surface area contributed by atoms with Gasteiger partial charge in [0, 0.05) is 24.6 Å². The van der Waals surface area contributed by atoms with E-state index in [1.54, 1.807) is 12.1 Å². The van der Waals surface area contributed by atoms with Crippen LogP contribution in [0.1, 0.15) is 30.1 Å². The van der Waals surface area contributed by atoms with Crippen LogP contribution in [0.5, 0.6) is 5.75 Å². The number of thiocarbonyl (C=S) groups is 1. The number of carbonyl (C=O) groups is 1. The molecule has 5 heteroatoms. The Morgan fingerprint density at radius 2 is 2.15 bits per heavy atom. The number of amides is 1. The lowest BCUT2D eigenvalue weighted by atomic mass is 9.97. The molecule has 1 aromatic rings. The molecule has 1 aliphatic heterocycles. The van der Waals surface area contributed by atoms with Crippen molar-refractivity contribution in [1.82, 2.24) is 4.90 Å². The second-order valence-corrected chi connectivity index (χ2v) is 5.42. The van der Waals surface area contributed by atoms with E-state index in [0.29, 0.717) is 23.7 Å². The Morgan fingerprint density at radius 1 is 1.45 bits per heavy atom. The SMILES string of the molecule is CCOc1ccc(C(=O)N2CCCC(C(N)=S)C2)cc1. The molecule has 0 saturated carbocycles. The third kappa shape index (κ3) is 3.48. The van der Waals surface area contributed by atoms with Gasteiger partial charge in [0.15, 0.2) is 0 Å². The van der Waals surface area contributed by atoms with Crippen molar-refractivity contribution in [3.8, 4) is 5.75 Å². The minimum atomic E-state index is 0.0361. The van der Waals surface area contributed by atoms with Gasteiger partial charge in [-0.05, 0) is 44.0 Å². The number of carbonyl (C=O) groups excluding carboxylic acids is 1. The average molecular weight is 292 g/mol. The number of nitrogens with two attached hydrogens (primary N) is 1. The van der Waals surface area contributed by atoms with Gasteiger partial charge in [-0.3, -0.25) is 4.79 Å². The standard InChI is InChI=1S/C15H20N2O2S/c1-2-19-13-7-5-11(6-8-13)15(18)17-9-3-4-12(10-17)14(16)20/h5-8,12H,2-4,9-10H2,1H3,(H2,16,20). The Balaban J connectivity index is 2.04. The molecule has 1 aromatic carbocycles. The molecule has 1 atom stereocenters. The number of piperidine rings is 1. The monoisotopic (exact) mass is 292 g/mol. The van der Waals surface area contributed by atoms with Crippen molar-refractivity contribution in [1.29, 1.82) is 0 Å². The third-order valence-electron chi connectivity index (χ3n) is 3.52. The fourth-order valence-electron chi connectivity index (χ4n) is 2.44. The number of hydrogen-bond acceptors (Lipinski definition) is 3. The van der Waals surface area contributed by atoms with Crippen LogP contribution in [0.25, 0.3) is 0 Å². The first-order valence-corrected chi connectivity index (χ1v) is 7.34. The summed E-state index contributed by atoms with van der Waals surface area (Å²) in [5.74, 6) is 0.961. The van der Waals surface area contributed by atoms with E-state index < -0.39 is 0 Å². The molecule has 0 aliphatic carbocycles. The summed E-state index contributed by atoms with van der Waals surface area (Å²) in [6, 6.07) is 7.26. The maximum absolute atomic E-state index is 12.4. The highest BCUT2D eigenvalue weighted by Gasteiger charge is 2.25. The zero-order valence-electron chi connectivity index (χ0n) is 11.7. The van der Waals surface area contributed by atoms with Crippen LogP contribution in [0.4, 0.5) is 0 Å². The van der Waals surface area contributed by atoms with Crippen LogP contribution in [0.15, 0.2) is 24.3 Å². The summed E-state index contributed by atoms with van der Waals surface area (Å²) in [6.45, 7) is 3.95. The molecule has 1 amide bonds.